The normalized spacial score (nSPS) is 14.6. The molecular weight excluding hydrogens is 373 g/mol. The van der Waals surface area contributed by atoms with Crippen molar-refractivity contribution in [2.75, 3.05) is 13.7 Å². The van der Waals surface area contributed by atoms with Gasteiger partial charge in [-0.3, -0.25) is 9.48 Å². The van der Waals surface area contributed by atoms with Crippen molar-refractivity contribution in [2.45, 2.75) is 38.9 Å². The van der Waals surface area contributed by atoms with E-state index < -0.39 is 23.7 Å². The maximum absolute atomic E-state index is 12.8. The average molecular weight is 396 g/mol. The Kier molecular flexibility index (Phi) is 6.60. The molecule has 152 valence electrons. The Hall–Kier alpha value is -2.68. The van der Waals surface area contributed by atoms with Crippen LogP contribution in [0.15, 0.2) is 29.3 Å². The molecular formula is C19H23F3N4O2. The lowest BCUT2D eigenvalue weighted by Crippen LogP contribution is -2.14. The van der Waals surface area contributed by atoms with Gasteiger partial charge in [-0.15, -0.1) is 0 Å². The van der Waals surface area contributed by atoms with Gasteiger partial charge in [0.2, 0.25) is 0 Å². The largest absolute Gasteiger partial charge is 0.416 e. The fourth-order valence-electron chi connectivity index (χ4n) is 2.73. The summed E-state index contributed by atoms with van der Waals surface area (Å²) in [4.78, 5) is 16.1. The highest BCUT2D eigenvalue weighted by Crippen LogP contribution is 2.36. The minimum absolute atomic E-state index is 0.199. The molecule has 2 rings (SSSR count). The zero-order chi connectivity index (χ0) is 21.1. The molecule has 2 unspecified atom stereocenters. The van der Waals surface area contributed by atoms with E-state index in [9.17, 15) is 23.1 Å². The molecule has 0 spiro atoms. The standard InChI is InChI=1S/C19H23F3N4O2/c1-11(9-27)26-16(10-28)18(24-13(3)23-4)17(25-26)12(2)14-5-7-15(8-6-14)19(20,21)22/h5-8,10-12,27H,9H2,1-4H3,(H,23,24). The Morgan fingerprint density at radius 1 is 1.32 bits per heavy atom. The van der Waals surface area contributed by atoms with E-state index in [4.69, 9.17) is 0 Å². The molecule has 0 bridgehead atoms. The lowest BCUT2D eigenvalue weighted by molar-refractivity contribution is -0.137. The number of carbonyl (C=O) groups excluding carboxylic acids is 1. The first kappa shape index (κ1) is 21.6. The lowest BCUT2D eigenvalue weighted by Gasteiger charge is -2.13. The molecule has 2 aromatic rings. The molecule has 0 amide bonds. The van der Waals surface area contributed by atoms with Gasteiger partial charge in [-0.2, -0.15) is 18.3 Å². The summed E-state index contributed by atoms with van der Waals surface area (Å²) in [5.41, 5.74) is 0.835. The van der Waals surface area contributed by atoms with Gasteiger partial charge in [0.05, 0.1) is 29.7 Å². The van der Waals surface area contributed by atoms with Crippen molar-refractivity contribution in [3.63, 3.8) is 0 Å². The number of nitrogens with zero attached hydrogens (tertiary/aromatic N) is 3. The van der Waals surface area contributed by atoms with Crippen molar-refractivity contribution in [1.29, 1.82) is 0 Å². The predicted octanol–water partition coefficient (Wildman–Crippen LogP) is 3.69. The van der Waals surface area contributed by atoms with Crippen molar-refractivity contribution in [1.82, 2.24) is 15.1 Å². The number of aliphatic hydroxyl groups is 1. The van der Waals surface area contributed by atoms with E-state index in [1.807, 2.05) is 0 Å². The monoisotopic (exact) mass is 396 g/mol. The summed E-state index contributed by atoms with van der Waals surface area (Å²) in [6, 6.07) is 4.35. The summed E-state index contributed by atoms with van der Waals surface area (Å²) >= 11 is 0. The summed E-state index contributed by atoms with van der Waals surface area (Å²) in [6.07, 6.45) is -3.80. The van der Waals surface area contributed by atoms with Crippen LogP contribution in [0.4, 0.5) is 18.9 Å². The quantitative estimate of drug-likeness (QED) is 0.443. The molecule has 2 N–H and O–H groups in total. The Morgan fingerprint density at radius 3 is 2.39 bits per heavy atom. The molecule has 0 saturated heterocycles. The molecule has 9 heteroatoms. The van der Waals surface area contributed by atoms with Crippen molar-refractivity contribution in [3.8, 4) is 0 Å². The molecule has 0 radical (unpaired) electrons. The Bertz CT molecular complexity index is 857. The molecule has 0 aliphatic heterocycles. The Morgan fingerprint density at radius 2 is 1.93 bits per heavy atom. The number of amidine groups is 1. The number of carbonyl (C=O) groups is 1. The van der Waals surface area contributed by atoms with Crippen molar-refractivity contribution < 1.29 is 23.1 Å². The van der Waals surface area contributed by atoms with Gasteiger partial charge < -0.3 is 10.4 Å². The second-order valence-electron chi connectivity index (χ2n) is 6.50. The van der Waals surface area contributed by atoms with Gasteiger partial charge in [0.25, 0.3) is 0 Å². The molecule has 1 heterocycles. The maximum Gasteiger partial charge on any atom is 0.416 e. The Labute approximate surface area is 161 Å². The van der Waals surface area contributed by atoms with Crippen LogP contribution >= 0.6 is 0 Å². The minimum Gasteiger partial charge on any atom is -0.394 e. The maximum atomic E-state index is 12.8. The zero-order valence-corrected chi connectivity index (χ0v) is 16.1. The number of hydrogen-bond acceptors (Lipinski definition) is 4. The van der Waals surface area contributed by atoms with Crippen LogP contribution in [0.3, 0.4) is 0 Å². The van der Waals surface area contributed by atoms with Crippen LogP contribution in [0, 0.1) is 0 Å². The SMILES string of the molecule is CN/C(C)=N\c1c(C(C)c2ccc(C(F)(F)F)cc2)nn(C(C)CO)c1C=O. The van der Waals surface area contributed by atoms with Gasteiger partial charge >= 0.3 is 6.18 Å². The topological polar surface area (TPSA) is 79.5 Å². The molecule has 0 saturated carbocycles. The number of alkyl halides is 3. The Balaban J connectivity index is 2.59. The fraction of sp³-hybridized carbons (Fsp3) is 0.421. The molecule has 1 aromatic carbocycles. The number of aldehydes is 1. The molecule has 0 aliphatic carbocycles. The van der Waals surface area contributed by atoms with Crippen LogP contribution in [0.1, 0.15) is 60.0 Å². The third-order valence-electron chi connectivity index (χ3n) is 4.53. The molecule has 28 heavy (non-hydrogen) atoms. The van der Waals surface area contributed by atoms with Gasteiger partial charge in [-0.1, -0.05) is 19.1 Å². The second kappa shape index (κ2) is 8.55. The van der Waals surface area contributed by atoms with Gasteiger partial charge in [0.15, 0.2) is 6.29 Å². The third-order valence-corrected chi connectivity index (χ3v) is 4.53. The van der Waals surface area contributed by atoms with Crippen molar-refractivity contribution >= 4 is 17.8 Å². The van der Waals surface area contributed by atoms with Gasteiger partial charge in [-0.25, -0.2) is 4.99 Å². The first-order valence-electron chi connectivity index (χ1n) is 8.72. The van der Waals surface area contributed by atoms with E-state index in [1.165, 1.54) is 16.8 Å². The number of aliphatic hydroxyl groups excluding tert-OH is 1. The second-order valence-corrected chi connectivity index (χ2v) is 6.50. The van der Waals surface area contributed by atoms with Crippen LogP contribution in [0.5, 0.6) is 0 Å². The number of aromatic nitrogens is 2. The highest BCUT2D eigenvalue weighted by atomic mass is 19.4. The van der Waals surface area contributed by atoms with Crippen LogP contribution < -0.4 is 5.32 Å². The lowest BCUT2D eigenvalue weighted by atomic mass is 9.95. The molecule has 1 aromatic heterocycles. The zero-order valence-electron chi connectivity index (χ0n) is 16.1. The van der Waals surface area contributed by atoms with E-state index in [1.54, 1.807) is 27.8 Å². The summed E-state index contributed by atoms with van der Waals surface area (Å²) < 4.78 is 39.8. The fourth-order valence-corrected chi connectivity index (χ4v) is 2.73. The van der Waals surface area contributed by atoms with Crippen molar-refractivity contribution in [3.05, 3.63) is 46.8 Å². The van der Waals surface area contributed by atoms with Gasteiger partial charge in [0, 0.05) is 13.0 Å². The predicted molar refractivity (Wildman–Crippen MR) is 100 cm³/mol. The summed E-state index contributed by atoms with van der Waals surface area (Å²) in [5, 5.41) is 16.8. The van der Waals surface area contributed by atoms with E-state index in [-0.39, 0.29) is 12.3 Å². The number of nitrogens with one attached hydrogen (secondary N) is 1. The highest BCUT2D eigenvalue weighted by Gasteiger charge is 2.31. The van der Waals surface area contributed by atoms with Gasteiger partial charge in [0.1, 0.15) is 11.4 Å². The smallest absolute Gasteiger partial charge is 0.394 e. The summed E-state index contributed by atoms with van der Waals surface area (Å²) in [7, 11) is 1.68. The average Bonchev–Trinajstić information content (AvgIpc) is 3.04. The molecule has 0 aliphatic rings. The van der Waals surface area contributed by atoms with Gasteiger partial charge in [-0.05, 0) is 31.5 Å². The molecule has 6 nitrogen and oxygen atoms in total. The van der Waals surface area contributed by atoms with Crippen molar-refractivity contribution in [2.24, 2.45) is 4.99 Å². The molecule has 2 atom stereocenters. The highest BCUT2D eigenvalue weighted by molar-refractivity contribution is 5.88. The third kappa shape index (κ3) is 4.41. The summed E-state index contributed by atoms with van der Waals surface area (Å²) in [6.45, 7) is 4.96. The van der Waals surface area contributed by atoms with Crippen LogP contribution in [-0.2, 0) is 6.18 Å². The minimum atomic E-state index is -4.41. The van der Waals surface area contributed by atoms with Crippen LogP contribution in [-0.4, -0.2) is 40.7 Å². The van der Waals surface area contributed by atoms with Crippen LogP contribution in [0.25, 0.3) is 0 Å². The van der Waals surface area contributed by atoms with Crippen LogP contribution in [0.2, 0.25) is 0 Å². The number of halogens is 3. The molecule has 0 fully saturated rings. The van der Waals surface area contributed by atoms with E-state index in [0.717, 1.165) is 12.1 Å². The van der Waals surface area contributed by atoms with E-state index in [0.29, 0.717) is 29.1 Å². The van der Waals surface area contributed by atoms with E-state index in [2.05, 4.69) is 15.4 Å². The summed E-state index contributed by atoms with van der Waals surface area (Å²) in [5.74, 6) is 0.122. The number of benzene rings is 1. The number of aliphatic imine (C=N–C) groups is 1. The number of hydrogen-bond donors (Lipinski definition) is 2. The first-order valence-corrected chi connectivity index (χ1v) is 8.72. The van der Waals surface area contributed by atoms with E-state index >= 15 is 0 Å². The first-order chi connectivity index (χ1) is 13.1. The number of rotatable bonds is 6.